The number of nitrogens with two attached hydrogens (primary N) is 3. The minimum absolute atomic E-state index is 0.252. The van der Waals surface area contributed by atoms with E-state index in [4.69, 9.17) is 17.2 Å². The van der Waals surface area contributed by atoms with Crippen LogP contribution in [-0.2, 0) is 24.0 Å². The van der Waals surface area contributed by atoms with E-state index in [1.165, 1.54) is 9.80 Å². The molecule has 0 aliphatic carbocycles. The number of rotatable bonds is 11. The number of carbonyl (C=O) groups excluding carboxylic acids is 4. The van der Waals surface area contributed by atoms with Gasteiger partial charge >= 0.3 is 5.97 Å². The summed E-state index contributed by atoms with van der Waals surface area (Å²) in [5.41, 5.74) is 16.3. The lowest BCUT2D eigenvalue weighted by Gasteiger charge is -2.32. The Morgan fingerprint density at radius 3 is 2.22 bits per heavy atom. The first kappa shape index (κ1) is 25.5. The number of aliphatic carboxylic acids is 1. The maximum atomic E-state index is 13.2. The van der Waals surface area contributed by atoms with Crippen LogP contribution in [0.15, 0.2) is 0 Å². The van der Waals surface area contributed by atoms with E-state index >= 15 is 0 Å². The highest BCUT2D eigenvalue weighted by Crippen LogP contribution is 2.25. The van der Waals surface area contributed by atoms with E-state index in [2.05, 4.69) is 5.32 Å². The van der Waals surface area contributed by atoms with Crippen molar-refractivity contribution in [1.29, 1.82) is 0 Å². The third-order valence-electron chi connectivity index (χ3n) is 5.96. The summed E-state index contributed by atoms with van der Waals surface area (Å²) < 4.78 is 0. The molecule has 0 spiro atoms. The lowest BCUT2D eigenvalue weighted by Crippen LogP contribution is -2.56. The number of amides is 4. The van der Waals surface area contributed by atoms with E-state index in [1.54, 1.807) is 0 Å². The number of unbranched alkanes of at least 4 members (excludes halogenated alkanes) is 1. The van der Waals surface area contributed by atoms with E-state index < -0.39 is 47.9 Å². The average molecular weight is 455 g/mol. The first-order chi connectivity index (χ1) is 15.2. The zero-order valence-corrected chi connectivity index (χ0v) is 18.2. The van der Waals surface area contributed by atoms with E-state index in [0.29, 0.717) is 58.2 Å². The van der Waals surface area contributed by atoms with E-state index in [-0.39, 0.29) is 18.7 Å². The fourth-order valence-corrected chi connectivity index (χ4v) is 4.32. The largest absolute Gasteiger partial charge is 0.480 e. The number of nitrogens with zero attached hydrogens (tertiary/aromatic N) is 2. The Bertz CT molecular complexity index is 731. The van der Waals surface area contributed by atoms with E-state index in [0.717, 1.165) is 0 Å². The predicted molar refractivity (Wildman–Crippen MR) is 114 cm³/mol. The molecule has 0 radical (unpaired) electrons. The van der Waals surface area contributed by atoms with E-state index in [1.807, 2.05) is 0 Å². The first-order valence-electron chi connectivity index (χ1n) is 11.1. The monoisotopic (exact) mass is 454 g/mol. The van der Waals surface area contributed by atoms with Crippen LogP contribution in [0.25, 0.3) is 0 Å². The molecule has 0 aromatic heterocycles. The smallest absolute Gasteiger partial charge is 0.326 e. The van der Waals surface area contributed by atoms with Gasteiger partial charge in [-0.1, -0.05) is 0 Å². The zero-order chi connectivity index (χ0) is 23.8. The molecule has 2 aliphatic rings. The molecule has 12 nitrogen and oxygen atoms in total. The van der Waals surface area contributed by atoms with Gasteiger partial charge in [-0.2, -0.15) is 0 Å². The van der Waals surface area contributed by atoms with Crippen molar-refractivity contribution < 1.29 is 29.1 Å². The highest BCUT2D eigenvalue weighted by Gasteiger charge is 2.43. The Labute approximate surface area is 186 Å². The number of primary amides is 1. The highest BCUT2D eigenvalue weighted by atomic mass is 16.4. The van der Waals surface area contributed by atoms with Gasteiger partial charge in [-0.3, -0.25) is 19.2 Å². The van der Waals surface area contributed by atoms with Crippen LogP contribution < -0.4 is 22.5 Å². The van der Waals surface area contributed by atoms with Gasteiger partial charge in [-0.05, 0) is 51.5 Å². The SMILES string of the molecule is NCCCCC(NC(=O)C1CCCN1C(=O)C1CCCN1C(=O)C(N)CC(N)=O)C(=O)O. The van der Waals surface area contributed by atoms with Gasteiger partial charge in [0.1, 0.15) is 18.1 Å². The Morgan fingerprint density at radius 2 is 1.62 bits per heavy atom. The molecule has 2 heterocycles. The second-order valence-corrected chi connectivity index (χ2v) is 8.34. The first-order valence-corrected chi connectivity index (χ1v) is 11.1. The van der Waals surface area contributed by atoms with Crippen molar-refractivity contribution in [2.75, 3.05) is 19.6 Å². The molecule has 32 heavy (non-hydrogen) atoms. The highest BCUT2D eigenvalue weighted by molar-refractivity contribution is 5.95. The maximum absolute atomic E-state index is 13.2. The minimum Gasteiger partial charge on any atom is -0.480 e. The van der Waals surface area contributed by atoms with Gasteiger partial charge in [0.25, 0.3) is 0 Å². The molecular weight excluding hydrogens is 420 g/mol. The molecule has 8 N–H and O–H groups in total. The van der Waals surface area contributed by atoms with Crippen molar-refractivity contribution >= 4 is 29.6 Å². The molecule has 180 valence electrons. The molecule has 12 heteroatoms. The summed E-state index contributed by atoms with van der Waals surface area (Å²) >= 11 is 0. The molecule has 4 unspecified atom stereocenters. The Hall–Kier alpha value is -2.73. The predicted octanol–water partition coefficient (Wildman–Crippen LogP) is -2.13. The molecule has 2 fully saturated rings. The number of carboxylic acid groups (broad SMARTS) is 1. The van der Waals surface area contributed by atoms with Crippen molar-refractivity contribution in [3.05, 3.63) is 0 Å². The van der Waals surface area contributed by atoms with Gasteiger partial charge < -0.3 is 37.4 Å². The second kappa shape index (κ2) is 11.8. The standard InChI is InChI=1S/C20H34N6O6/c21-8-2-1-5-13(20(31)32)24-17(28)14-6-3-9-25(14)19(30)15-7-4-10-26(15)18(29)12(22)11-16(23)27/h12-15H,1-11,21-22H2,(H2,23,27)(H,24,28)(H,31,32). The maximum Gasteiger partial charge on any atom is 0.326 e. The van der Waals surface area contributed by atoms with Crippen LogP contribution in [0.3, 0.4) is 0 Å². The molecule has 4 atom stereocenters. The molecule has 0 aromatic rings. The van der Waals surface area contributed by atoms with Crippen LogP contribution in [0.4, 0.5) is 0 Å². The Kier molecular flexibility index (Phi) is 9.39. The minimum atomic E-state index is -1.14. The van der Waals surface area contributed by atoms with E-state index in [9.17, 15) is 29.1 Å². The average Bonchev–Trinajstić information content (AvgIpc) is 3.41. The van der Waals surface area contributed by atoms with Gasteiger partial charge in [0, 0.05) is 13.1 Å². The summed E-state index contributed by atoms with van der Waals surface area (Å²) in [6.45, 7) is 1.10. The fraction of sp³-hybridized carbons (Fsp3) is 0.750. The van der Waals surface area contributed by atoms with Gasteiger partial charge in [0.05, 0.1) is 12.5 Å². The number of carbonyl (C=O) groups is 5. The summed E-state index contributed by atoms with van der Waals surface area (Å²) in [4.78, 5) is 64.1. The molecule has 0 bridgehead atoms. The van der Waals surface area contributed by atoms with Gasteiger partial charge in [0.15, 0.2) is 0 Å². The van der Waals surface area contributed by atoms with Crippen molar-refractivity contribution in [3.63, 3.8) is 0 Å². The number of hydrogen-bond acceptors (Lipinski definition) is 7. The summed E-state index contributed by atoms with van der Waals surface area (Å²) in [5.74, 6) is -3.25. The number of nitrogens with one attached hydrogen (secondary N) is 1. The fourth-order valence-electron chi connectivity index (χ4n) is 4.32. The third-order valence-corrected chi connectivity index (χ3v) is 5.96. The number of hydrogen-bond donors (Lipinski definition) is 5. The van der Waals surface area contributed by atoms with Gasteiger partial charge in [0.2, 0.25) is 23.6 Å². The summed E-state index contributed by atoms with van der Waals surface area (Å²) in [6, 6.07) is -3.74. The molecule has 4 amide bonds. The zero-order valence-electron chi connectivity index (χ0n) is 18.2. The van der Waals surface area contributed by atoms with Crippen LogP contribution in [0.5, 0.6) is 0 Å². The summed E-state index contributed by atoms with van der Waals surface area (Å²) in [7, 11) is 0. The van der Waals surface area contributed by atoms with Crippen LogP contribution in [-0.4, -0.2) is 88.3 Å². The van der Waals surface area contributed by atoms with Crippen LogP contribution in [0.1, 0.15) is 51.4 Å². The third kappa shape index (κ3) is 6.39. The quantitative estimate of drug-likeness (QED) is 0.218. The lowest BCUT2D eigenvalue weighted by molar-refractivity contribution is -0.148. The second-order valence-electron chi connectivity index (χ2n) is 8.34. The lowest BCUT2D eigenvalue weighted by atomic mass is 10.1. The molecular formula is C20H34N6O6. The normalized spacial score (nSPS) is 22.4. The van der Waals surface area contributed by atoms with Crippen LogP contribution in [0.2, 0.25) is 0 Å². The van der Waals surface area contributed by atoms with Crippen molar-refractivity contribution in [1.82, 2.24) is 15.1 Å². The molecule has 0 saturated carbocycles. The molecule has 0 aromatic carbocycles. The molecule has 2 rings (SSSR count). The molecule has 2 aliphatic heterocycles. The van der Waals surface area contributed by atoms with Gasteiger partial charge in [-0.15, -0.1) is 0 Å². The molecule has 2 saturated heterocycles. The topological polar surface area (TPSA) is 202 Å². The Balaban J connectivity index is 2.05. The number of likely N-dealkylation sites (tertiary alicyclic amines) is 2. The summed E-state index contributed by atoms with van der Waals surface area (Å²) in [6.07, 6.45) is 3.18. The van der Waals surface area contributed by atoms with Crippen molar-refractivity contribution in [2.24, 2.45) is 17.2 Å². The van der Waals surface area contributed by atoms with Gasteiger partial charge in [-0.25, -0.2) is 4.79 Å². The summed E-state index contributed by atoms with van der Waals surface area (Å²) in [5, 5.41) is 11.9. The number of carboxylic acids is 1. The van der Waals surface area contributed by atoms with Crippen LogP contribution >= 0.6 is 0 Å². The van der Waals surface area contributed by atoms with Crippen molar-refractivity contribution in [2.45, 2.75) is 75.5 Å². The Morgan fingerprint density at radius 1 is 1.00 bits per heavy atom. The van der Waals surface area contributed by atoms with Crippen LogP contribution in [0, 0.1) is 0 Å². The van der Waals surface area contributed by atoms with Crippen molar-refractivity contribution in [3.8, 4) is 0 Å².